The van der Waals surface area contributed by atoms with Crippen molar-refractivity contribution in [3.05, 3.63) is 65.7 Å². The van der Waals surface area contributed by atoms with E-state index in [2.05, 4.69) is 0 Å². The van der Waals surface area contributed by atoms with Crippen LogP contribution in [0.15, 0.2) is 24.3 Å². The van der Waals surface area contributed by atoms with E-state index in [0.717, 1.165) is 6.07 Å². The van der Waals surface area contributed by atoms with Gasteiger partial charge in [-0.25, -0.2) is 0 Å². The molecule has 0 N–H and O–H groups in total. The second kappa shape index (κ2) is 4.96. The Balaban J connectivity index is 3.23. The summed E-state index contributed by atoms with van der Waals surface area (Å²) in [5.74, 6) is 0. The topological polar surface area (TPSA) is 129 Å². The van der Waals surface area contributed by atoms with Crippen LogP contribution in [0.2, 0.25) is 0 Å². The number of benzene rings is 1. The molecule has 0 saturated carbocycles. The summed E-state index contributed by atoms with van der Waals surface area (Å²) in [4.78, 5) is 28.6. The maximum absolute atomic E-state index is 10.6. The molecule has 0 bridgehead atoms. The number of nitrogens with zero attached hydrogens (tertiary/aromatic N) is 3. The minimum atomic E-state index is -2.17. The third-order valence-electron chi connectivity index (χ3n) is 2.03. The van der Waals surface area contributed by atoms with E-state index < -0.39 is 27.5 Å². The molecule has 0 radical (unpaired) electrons. The summed E-state index contributed by atoms with van der Waals surface area (Å²) in [7, 11) is 0. The van der Waals surface area contributed by atoms with Crippen LogP contribution in [0.4, 0.5) is 0 Å². The maximum Gasteiger partial charge on any atom is 0.477 e. The van der Waals surface area contributed by atoms with E-state index in [-0.39, 0.29) is 11.1 Å². The van der Waals surface area contributed by atoms with Gasteiger partial charge in [0, 0.05) is 10.5 Å². The SMILES string of the molecule is O=[N+]([O-])Cc1ccccc1C([N+](=O)[O-])[N+](=O)[O-]. The summed E-state index contributed by atoms with van der Waals surface area (Å²) in [6.07, 6.45) is -2.17. The summed E-state index contributed by atoms with van der Waals surface area (Å²) in [6.45, 7) is -0.686. The Morgan fingerprint density at radius 2 is 1.53 bits per heavy atom. The van der Waals surface area contributed by atoms with Crippen LogP contribution in [-0.2, 0) is 6.54 Å². The smallest absolute Gasteiger partial charge is 0.264 e. The van der Waals surface area contributed by atoms with Crippen LogP contribution < -0.4 is 0 Å². The first-order valence-corrected chi connectivity index (χ1v) is 4.40. The third-order valence-corrected chi connectivity index (χ3v) is 2.03. The zero-order chi connectivity index (χ0) is 13.0. The van der Waals surface area contributed by atoms with Gasteiger partial charge in [-0.3, -0.25) is 30.3 Å². The lowest BCUT2D eigenvalue weighted by molar-refractivity contribution is -0.752. The largest absolute Gasteiger partial charge is 0.477 e. The van der Waals surface area contributed by atoms with E-state index in [1.807, 2.05) is 0 Å². The maximum atomic E-state index is 10.6. The Hall–Kier alpha value is -2.58. The fraction of sp³-hybridized carbons (Fsp3) is 0.250. The molecule has 0 amide bonds. The van der Waals surface area contributed by atoms with Crippen molar-refractivity contribution in [3.8, 4) is 0 Å². The van der Waals surface area contributed by atoms with Crippen molar-refractivity contribution in [2.45, 2.75) is 12.7 Å². The van der Waals surface area contributed by atoms with E-state index in [0.29, 0.717) is 0 Å². The second-order valence-electron chi connectivity index (χ2n) is 3.13. The number of rotatable bonds is 5. The zero-order valence-corrected chi connectivity index (χ0v) is 8.38. The lowest BCUT2D eigenvalue weighted by Gasteiger charge is -2.05. The van der Waals surface area contributed by atoms with Crippen molar-refractivity contribution < 1.29 is 14.8 Å². The quantitative estimate of drug-likeness (QED) is 0.429. The van der Waals surface area contributed by atoms with Crippen molar-refractivity contribution >= 4 is 0 Å². The molecule has 0 atom stereocenters. The molecular formula is C8H7N3O6. The second-order valence-corrected chi connectivity index (χ2v) is 3.13. The van der Waals surface area contributed by atoms with Gasteiger partial charge in [0.05, 0.1) is 0 Å². The summed E-state index contributed by atoms with van der Waals surface area (Å²) in [6, 6.07) is 5.20. The van der Waals surface area contributed by atoms with Crippen LogP contribution in [0.3, 0.4) is 0 Å². The highest BCUT2D eigenvalue weighted by molar-refractivity contribution is 5.27. The van der Waals surface area contributed by atoms with Crippen molar-refractivity contribution in [1.82, 2.24) is 0 Å². The molecular weight excluding hydrogens is 234 g/mol. The van der Waals surface area contributed by atoms with Gasteiger partial charge in [0.2, 0.25) is 6.54 Å². The highest BCUT2D eigenvalue weighted by Crippen LogP contribution is 2.21. The van der Waals surface area contributed by atoms with Crippen molar-refractivity contribution in [2.24, 2.45) is 0 Å². The van der Waals surface area contributed by atoms with Crippen molar-refractivity contribution in [3.63, 3.8) is 0 Å². The van der Waals surface area contributed by atoms with Gasteiger partial charge in [-0.15, -0.1) is 0 Å². The molecule has 0 spiro atoms. The van der Waals surface area contributed by atoms with Gasteiger partial charge in [0.15, 0.2) is 0 Å². The van der Waals surface area contributed by atoms with Gasteiger partial charge in [0.1, 0.15) is 15.4 Å². The van der Waals surface area contributed by atoms with E-state index in [4.69, 9.17) is 0 Å². The summed E-state index contributed by atoms with van der Waals surface area (Å²) >= 11 is 0. The van der Waals surface area contributed by atoms with Gasteiger partial charge < -0.3 is 0 Å². The molecule has 0 aromatic heterocycles. The molecule has 0 unspecified atom stereocenters. The first kappa shape index (κ1) is 12.5. The Bertz CT molecular complexity index is 460. The first-order valence-electron chi connectivity index (χ1n) is 4.40. The number of hydrogen-bond acceptors (Lipinski definition) is 6. The molecule has 0 heterocycles. The Labute approximate surface area is 94.1 Å². The molecule has 1 aromatic carbocycles. The van der Waals surface area contributed by atoms with E-state index in [1.165, 1.54) is 18.2 Å². The van der Waals surface area contributed by atoms with Crippen LogP contribution in [-0.4, -0.2) is 14.8 Å². The minimum absolute atomic E-state index is 0.0316. The molecule has 0 saturated heterocycles. The Morgan fingerprint density at radius 1 is 1.00 bits per heavy atom. The van der Waals surface area contributed by atoms with Crippen LogP contribution in [0.1, 0.15) is 17.3 Å². The molecule has 9 nitrogen and oxygen atoms in total. The van der Waals surface area contributed by atoms with E-state index in [9.17, 15) is 30.3 Å². The Kier molecular flexibility index (Phi) is 3.65. The van der Waals surface area contributed by atoms with Gasteiger partial charge in [-0.2, -0.15) is 0 Å². The first-order chi connectivity index (χ1) is 7.93. The van der Waals surface area contributed by atoms with E-state index >= 15 is 0 Å². The molecule has 1 aromatic rings. The highest BCUT2D eigenvalue weighted by Gasteiger charge is 2.37. The minimum Gasteiger partial charge on any atom is -0.264 e. The summed E-state index contributed by atoms with van der Waals surface area (Å²) in [5, 5.41) is 31.5. The van der Waals surface area contributed by atoms with Gasteiger partial charge in [-0.1, -0.05) is 18.2 Å². The molecule has 9 heteroatoms. The zero-order valence-electron chi connectivity index (χ0n) is 8.38. The molecule has 90 valence electrons. The summed E-state index contributed by atoms with van der Waals surface area (Å²) in [5.41, 5.74) is -0.296. The van der Waals surface area contributed by atoms with Crippen LogP contribution >= 0.6 is 0 Å². The van der Waals surface area contributed by atoms with Gasteiger partial charge >= 0.3 is 6.17 Å². The van der Waals surface area contributed by atoms with Gasteiger partial charge in [-0.05, 0) is 6.07 Å². The standard InChI is InChI=1S/C8H7N3O6/c12-9(13)5-6-3-1-2-4-7(6)8(10(14)15)11(16)17/h1-4,8H,5H2. The van der Waals surface area contributed by atoms with Crippen molar-refractivity contribution in [2.75, 3.05) is 0 Å². The van der Waals surface area contributed by atoms with Gasteiger partial charge in [0.25, 0.3) is 0 Å². The van der Waals surface area contributed by atoms with Crippen molar-refractivity contribution in [1.29, 1.82) is 0 Å². The number of nitro groups is 3. The molecule has 0 aliphatic carbocycles. The molecule has 1 rings (SSSR count). The van der Waals surface area contributed by atoms with Crippen LogP contribution in [0.25, 0.3) is 0 Å². The normalized spacial score (nSPS) is 10.2. The fourth-order valence-corrected chi connectivity index (χ4v) is 1.37. The molecule has 0 aliphatic rings. The van der Waals surface area contributed by atoms with Crippen LogP contribution in [0.5, 0.6) is 0 Å². The molecule has 0 aliphatic heterocycles. The lowest BCUT2D eigenvalue weighted by atomic mass is 10.1. The molecule has 0 fully saturated rings. The number of hydrogen-bond donors (Lipinski definition) is 0. The van der Waals surface area contributed by atoms with E-state index in [1.54, 1.807) is 0 Å². The Morgan fingerprint density at radius 3 is 2.00 bits per heavy atom. The third kappa shape index (κ3) is 2.93. The monoisotopic (exact) mass is 241 g/mol. The lowest BCUT2D eigenvalue weighted by Crippen LogP contribution is -2.21. The highest BCUT2D eigenvalue weighted by atomic mass is 16.7. The average Bonchev–Trinajstić information content (AvgIpc) is 2.18. The predicted molar refractivity (Wildman–Crippen MR) is 53.9 cm³/mol. The summed E-state index contributed by atoms with van der Waals surface area (Å²) < 4.78 is 0. The molecule has 17 heavy (non-hydrogen) atoms. The fourth-order valence-electron chi connectivity index (χ4n) is 1.37. The van der Waals surface area contributed by atoms with Crippen LogP contribution in [0, 0.1) is 30.3 Å². The predicted octanol–water partition coefficient (Wildman–Crippen LogP) is 1.02. The average molecular weight is 241 g/mol.